The lowest BCUT2D eigenvalue weighted by molar-refractivity contribution is 0.360. The Morgan fingerprint density at radius 2 is 2.37 bits per heavy atom. The molecule has 0 aromatic heterocycles. The van der Waals surface area contributed by atoms with E-state index in [2.05, 4.69) is 30.4 Å². The lowest BCUT2D eigenvalue weighted by Crippen LogP contribution is -2.25. The van der Waals surface area contributed by atoms with Crippen LogP contribution in [0.1, 0.15) is 43.4 Å². The van der Waals surface area contributed by atoms with Crippen molar-refractivity contribution < 1.29 is 4.74 Å². The predicted octanol–water partition coefficient (Wildman–Crippen LogP) is 4.19. The molecule has 1 atom stereocenters. The number of benzene rings is 1. The van der Waals surface area contributed by atoms with Crippen LogP contribution in [0.2, 0.25) is 0 Å². The van der Waals surface area contributed by atoms with Gasteiger partial charge >= 0.3 is 0 Å². The molecule has 1 aliphatic rings. The quantitative estimate of drug-likeness (QED) is 0.843. The molecule has 19 heavy (non-hydrogen) atoms. The Bertz CT molecular complexity index is 431. The second-order valence-electron chi connectivity index (χ2n) is 4.93. The van der Waals surface area contributed by atoms with Gasteiger partial charge in [0, 0.05) is 11.6 Å². The molecule has 2 rings (SSSR count). The van der Waals surface area contributed by atoms with E-state index in [4.69, 9.17) is 16.3 Å². The highest BCUT2D eigenvalue weighted by Crippen LogP contribution is 2.32. The number of halogens is 1. The second kappa shape index (κ2) is 7.56. The molecule has 0 bridgehead atoms. The minimum Gasteiger partial charge on any atom is -0.489 e. The first kappa shape index (κ1) is 14.4. The zero-order chi connectivity index (χ0) is 13.5. The standard InChI is InChI=1S/C16H22ClNO/c1-2-10-18-16-6-3-5-13-7-8-14(12-15(13)16)19-11-4-9-17/h4,7-9,12,16,18H,2-3,5-6,10-11H2,1H3/b9-4+. The van der Waals surface area contributed by atoms with Crippen molar-refractivity contribution in [3.63, 3.8) is 0 Å². The van der Waals surface area contributed by atoms with E-state index >= 15 is 0 Å². The molecule has 1 unspecified atom stereocenters. The fourth-order valence-electron chi connectivity index (χ4n) is 2.58. The number of ether oxygens (including phenoxy) is 1. The molecule has 1 aromatic carbocycles. The van der Waals surface area contributed by atoms with Crippen LogP contribution in [0.25, 0.3) is 0 Å². The van der Waals surface area contributed by atoms with Gasteiger partial charge < -0.3 is 10.1 Å². The van der Waals surface area contributed by atoms with Crippen LogP contribution in [0.15, 0.2) is 29.8 Å². The van der Waals surface area contributed by atoms with Crippen LogP contribution in [-0.4, -0.2) is 13.2 Å². The van der Waals surface area contributed by atoms with Gasteiger partial charge in [-0.15, -0.1) is 0 Å². The molecule has 0 spiro atoms. The molecule has 0 radical (unpaired) electrons. The van der Waals surface area contributed by atoms with Crippen LogP contribution >= 0.6 is 11.6 Å². The Morgan fingerprint density at radius 1 is 1.47 bits per heavy atom. The van der Waals surface area contributed by atoms with Gasteiger partial charge in [-0.1, -0.05) is 24.6 Å². The summed E-state index contributed by atoms with van der Waals surface area (Å²) in [5.74, 6) is 0.929. The topological polar surface area (TPSA) is 21.3 Å². The summed E-state index contributed by atoms with van der Waals surface area (Å²) in [5, 5.41) is 3.63. The first-order valence-corrected chi connectivity index (χ1v) is 7.53. The van der Waals surface area contributed by atoms with Gasteiger partial charge in [0.2, 0.25) is 0 Å². The average Bonchev–Trinajstić information content (AvgIpc) is 2.45. The minimum atomic E-state index is 0.482. The summed E-state index contributed by atoms with van der Waals surface area (Å²) in [7, 11) is 0. The van der Waals surface area contributed by atoms with Gasteiger partial charge in [0.1, 0.15) is 12.4 Å². The second-order valence-corrected chi connectivity index (χ2v) is 5.18. The molecule has 0 saturated heterocycles. The molecule has 0 saturated carbocycles. The molecule has 0 fully saturated rings. The van der Waals surface area contributed by atoms with Crippen molar-refractivity contribution in [3.05, 3.63) is 40.9 Å². The van der Waals surface area contributed by atoms with Crippen molar-refractivity contribution in [1.29, 1.82) is 0 Å². The van der Waals surface area contributed by atoms with Crippen molar-refractivity contribution in [2.75, 3.05) is 13.2 Å². The van der Waals surface area contributed by atoms with Crippen molar-refractivity contribution in [2.45, 2.75) is 38.6 Å². The first-order valence-electron chi connectivity index (χ1n) is 7.09. The Hall–Kier alpha value is -0.990. The maximum absolute atomic E-state index is 5.67. The Kier molecular flexibility index (Phi) is 5.74. The molecule has 0 aliphatic heterocycles. The SMILES string of the molecule is CCCNC1CCCc2ccc(OC/C=C/Cl)cc21. The van der Waals surface area contributed by atoms with E-state index in [0.29, 0.717) is 12.6 Å². The fraction of sp³-hybridized carbons (Fsp3) is 0.500. The third-order valence-corrected chi connectivity index (χ3v) is 3.69. The van der Waals surface area contributed by atoms with Crippen molar-refractivity contribution in [1.82, 2.24) is 5.32 Å². The van der Waals surface area contributed by atoms with Crippen LogP contribution in [-0.2, 0) is 6.42 Å². The molecule has 3 heteroatoms. The number of nitrogens with one attached hydrogen (secondary N) is 1. The summed E-state index contributed by atoms with van der Waals surface area (Å²) in [4.78, 5) is 0. The van der Waals surface area contributed by atoms with Crippen molar-refractivity contribution in [3.8, 4) is 5.75 Å². The van der Waals surface area contributed by atoms with Gasteiger partial charge in [-0.25, -0.2) is 0 Å². The third-order valence-electron chi connectivity index (χ3n) is 3.51. The molecule has 1 aromatic rings. The predicted molar refractivity (Wildman–Crippen MR) is 80.9 cm³/mol. The normalized spacial score (nSPS) is 18.5. The zero-order valence-corrected chi connectivity index (χ0v) is 12.2. The summed E-state index contributed by atoms with van der Waals surface area (Å²) in [5.41, 5.74) is 4.36. The maximum Gasteiger partial charge on any atom is 0.120 e. The lowest BCUT2D eigenvalue weighted by atomic mass is 9.87. The molecular weight excluding hydrogens is 258 g/mol. The molecular formula is C16H22ClNO. The minimum absolute atomic E-state index is 0.482. The number of hydrogen-bond acceptors (Lipinski definition) is 2. The average molecular weight is 280 g/mol. The highest BCUT2D eigenvalue weighted by Gasteiger charge is 2.19. The molecule has 1 aliphatic carbocycles. The molecule has 2 nitrogen and oxygen atoms in total. The number of hydrogen-bond donors (Lipinski definition) is 1. The lowest BCUT2D eigenvalue weighted by Gasteiger charge is -2.27. The summed E-state index contributed by atoms with van der Waals surface area (Å²) in [6, 6.07) is 6.93. The fourth-order valence-corrected chi connectivity index (χ4v) is 2.65. The third kappa shape index (κ3) is 3.99. The van der Waals surface area contributed by atoms with E-state index in [-0.39, 0.29) is 0 Å². The van der Waals surface area contributed by atoms with Gasteiger partial charge in [0.15, 0.2) is 0 Å². The van der Waals surface area contributed by atoms with E-state index in [1.807, 2.05) is 0 Å². The van der Waals surface area contributed by atoms with Crippen LogP contribution in [0, 0.1) is 0 Å². The Balaban J connectivity index is 2.10. The Labute approximate surface area is 120 Å². The van der Waals surface area contributed by atoms with Gasteiger partial charge in [-0.2, -0.15) is 0 Å². The summed E-state index contributed by atoms with van der Waals surface area (Å²) in [6.07, 6.45) is 6.64. The zero-order valence-electron chi connectivity index (χ0n) is 11.5. The van der Waals surface area contributed by atoms with Crippen LogP contribution in [0.5, 0.6) is 5.75 Å². The molecule has 1 N–H and O–H groups in total. The van der Waals surface area contributed by atoms with E-state index in [9.17, 15) is 0 Å². The largest absolute Gasteiger partial charge is 0.489 e. The Morgan fingerprint density at radius 3 is 3.16 bits per heavy atom. The van der Waals surface area contributed by atoms with E-state index < -0.39 is 0 Å². The maximum atomic E-state index is 5.67. The van der Waals surface area contributed by atoms with Crippen LogP contribution < -0.4 is 10.1 Å². The smallest absolute Gasteiger partial charge is 0.120 e. The highest BCUT2D eigenvalue weighted by atomic mass is 35.5. The van der Waals surface area contributed by atoms with Crippen LogP contribution in [0.3, 0.4) is 0 Å². The van der Waals surface area contributed by atoms with Crippen LogP contribution in [0.4, 0.5) is 0 Å². The highest BCUT2D eigenvalue weighted by molar-refractivity contribution is 6.25. The number of fused-ring (bicyclic) bond motifs is 1. The summed E-state index contributed by atoms with van der Waals surface area (Å²) in [6.45, 7) is 3.80. The van der Waals surface area contributed by atoms with Gasteiger partial charge in [-0.3, -0.25) is 0 Å². The first-order chi connectivity index (χ1) is 9.35. The molecule has 104 valence electrons. The van der Waals surface area contributed by atoms with Crippen molar-refractivity contribution >= 4 is 11.6 Å². The van der Waals surface area contributed by atoms with Gasteiger partial charge in [0.05, 0.1) is 0 Å². The number of aryl methyl sites for hydroxylation is 1. The summed E-state index contributed by atoms with van der Waals surface area (Å²) < 4.78 is 5.67. The monoisotopic (exact) mass is 279 g/mol. The summed E-state index contributed by atoms with van der Waals surface area (Å²) >= 11 is 5.49. The van der Waals surface area contributed by atoms with E-state index in [1.165, 1.54) is 42.3 Å². The van der Waals surface area contributed by atoms with E-state index in [1.54, 1.807) is 6.08 Å². The van der Waals surface area contributed by atoms with E-state index in [0.717, 1.165) is 12.3 Å². The van der Waals surface area contributed by atoms with Gasteiger partial charge in [0.25, 0.3) is 0 Å². The number of rotatable bonds is 6. The molecule has 0 heterocycles. The van der Waals surface area contributed by atoms with Gasteiger partial charge in [-0.05, 0) is 61.6 Å². The van der Waals surface area contributed by atoms with Crippen molar-refractivity contribution in [2.24, 2.45) is 0 Å². The molecule has 0 amide bonds.